The number of methoxy groups -OCH3 is 2. The quantitative estimate of drug-likeness (QED) is 0.724. The predicted molar refractivity (Wildman–Crippen MR) is 95.9 cm³/mol. The number of ether oxygens (including phenoxy) is 2. The molecule has 0 bridgehead atoms. The van der Waals surface area contributed by atoms with Crippen LogP contribution >= 0.6 is 0 Å². The minimum Gasteiger partial charge on any atom is -0.493 e. The Morgan fingerprint density at radius 3 is 2.68 bits per heavy atom. The molecule has 0 fully saturated rings. The van der Waals surface area contributed by atoms with E-state index in [1.165, 1.54) is 0 Å². The number of imidazole rings is 1. The van der Waals surface area contributed by atoms with Gasteiger partial charge >= 0.3 is 0 Å². The van der Waals surface area contributed by atoms with Gasteiger partial charge in [-0.3, -0.25) is 4.79 Å². The van der Waals surface area contributed by atoms with Gasteiger partial charge in [0, 0.05) is 11.3 Å². The number of hydrogen-bond donors (Lipinski definition) is 2. The van der Waals surface area contributed by atoms with Crippen molar-refractivity contribution in [1.82, 2.24) is 9.97 Å². The molecule has 25 heavy (non-hydrogen) atoms. The van der Waals surface area contributed by atoms with Crippen LogP contribution in [0.4, 0.5) is 5.69 Å². The molecule has 3 rings (SSSR count). The van der Waals surface area contributed by atoms with Gasteiger partial charge in [-0.15, -0.1) is 0 Å². The molecule has 0 saturated heterocycles. The number of amides is 1. The fourth-order valence-corrected chi connectivity index (χ4v) is 2.56. The molecule has 2 N–H and O–H groups in total. The van der Waals surface area contributed by atoms with E-state index < -0.39 is 0 Å². The van der Waals surface area contributed by atoms with Crippen LogP contribution in [0.25, 0.3) is 11.3 Å². The molecule has 128 valence electrons. The Morgan fingerprint density at radius 1 is 1.12 bits per heavy atom. The van der Waals surface area contributed by atoms with E-state index in [2.05, 4.69) is 15.3 Å². The molecule has 0 aliphatic heterocycles. The van der Waals surface area contributed by atoms with E-state index in [0.717, 1.165) is 22.5 Å². The highest BCUT2D eigenvalue weighted by molar-refractivity contribution is 5.93. The van der Waals surface area contributed by atoms with Gasteiger partial charge in [0.2, 0.25) is 5.91 Å². The molecule has 0 unspecified atom stereocenters. The van der Waals surface area contributed by atoms with Crippen molar-refractivity contribution in [1.29, 1.82) is 0 Å². The van der Waals surface area contributed by atoms with Gasteiger partial charge in [-0.2, -0.15) is 0 Å². The summed E-state index contributed by atoms with van der Waals surface area (Å²) in [6, 6.07) is 13.0. The number of rotatable bonds is 6. The Hall–Kier alpha value is -3.28. The summed E-state index contributed by atoms with van der Waals surface area (Å²) in [5.74, 6) is 1.14. The van der Waals surface area contributed by atoms with Crippen molar-refractivity contribution in [3.63, 3.8) is 0 Å². The van der Waals surface area contributed by atoms with Gasteiger partial charge in [-0.05, 0) is 29.8 Å². The molecule has 1 amide bonds. The van der Waals surface area contributed by atoms with Crippen LogP contribution in [0.3, 0.4) is 0 Å². The lowest BCUT2D eigenvalue weighted by atomic mass is 10.1. The molecule has 0 atom stereocenters. The first kappa shape index (κ1) is 16.6. The summed E-state index contributed by atoms with van der Waals surface area (Å²) >= 11 is 0. The lowest BCUT2D eigenvalue weighted by molar-refractivity contribution is -0.115. The van der Waals surface area contributed by atoms with Crippen LogP contribution in [0.5, 0.6) is 11.5 Å². The first-order chi connectivity index (χ1) is 12.2. The molecule has 0 spiro atoms. The SMILES string of the molecule is COc1ccc(CC(=O)Nc2cccc(-c3cnc[nH]3)c2)cc1OC. The lowest BCUT2D eigenvalue weighted by Crippen LogP contribution is -2.14. The third-order valence-corrected chi connectivity index (χ3v) is 3.77. The molecule has 6 nitrogen and oxygen atoms in total. The van der Waals surface area contributed by atoms with Gasteiger partial charge in [0.25, 0.3) is 0 Å². The highest BCUT2D eigenvalue weighted by atomic mass is 16.5. The van der Waals surface area contributed by atoms with E-state index >= 15 is 0 Å². The van der Waals surface area contributed by atoms with Crippen LogP contribution in [0, 0.1) is 0 Å². The summed E-state index contributed by atoms with van der Waals surface area (Å²) in [6.45, 7) is 0. The molecule has 0 aliphatic carbocycles. The van der Waals surface area contributed by atoms with Crippen LogP contribution in [0.1, 0.15) is 5.56 Å². The van der Waals surface area contributed by atoms with Crippen molar-refractivity contribution in [2.24, 2.45) is 0 Å². The lowest BCUT2D eigenvalue weighted by Gasteiger charge is -2.10. The topological polar surface area (TPSA) is 76.2 Å². The zero-order chi connectivity index (χ0) is 17.6. The van der Waals surface area contributed by atoms with Gasteiger partial charge < -0.3 is 19.8 Å². The summed E-state index contributed by atoms with van der Waals surface area (Å²) in [7, 11) is 3.15. The van der Waals surface area contributed by atoms with Crippen molar-refractivity contribution >= 4 is 11.6 Å². The number of aromatic amines is 1. The Bertz CT molecular complexity index is 860. The van der Waals surface area contributed by atoms with Gasteiger partial charge in [-0.1, -0.05) is 18.2 Å². The predicted octanol–water partition coefficient (Wildman–Crippen LogP) is 3.28. The summed E-state index contributed by atoms with van der Waals surface area (Å²) < 4.78 is 10.5. The Kier molecular flexibility index (Phi) is 4.99. The minimum atomic E-state index is -0.103. The second-order valence-electron chi connectivity index (χ2n) is 5.46. The highest BCUT2D eigenvalue weighted by Crippen LogP contribution is 2.28. The maximum Gasteiger partial charge on any atom is 0.228 e. The standard InChI is InChI=1S/C19H19N3O3/c1-24-17-7-6-13(8-18(17)25-2)9-19(23)22-15-5-3-4-14(10-15)16-11-20-12-21-16/h3-8,10-12H,9H2,1-2H3,(H,20,21)(H,22,23). The van der Waals surface area contributed by atoms with E-state index in [1.54, 1.807) is 38.9 Å². The van der Waals surface area contributed by atoms with Crippen molar-refractivity contribution < 1.29 is 14.3 Å². The number of H-pyrrole nitrogens is 1. The molecule has 3 aromatic rings. The number of benzene rings is 2. The fraction of sp³-hybridized carbons (Fsp3) is 0.158. The summed E-state index contributed by atoms with van der Waals surface area (Å²) in [6.07, 6.45) is 3.61. The zero-order valence-electron chi connectivity index (χ0n) is 14.1. The van der Waals surface area contributed by atoms with Crippen molar-refractivity contribution in [2.75, 3.05) is 19.5 Å². The number of nitrogens with one attached hydrogen (secondary N) is 2. The van der Waals surface area contributed by atoms with Gasteiger partial charge in [0.15, 0.2) is 11.5 Å². The molecule has 0 saturated carbocycles. The summed E-state index contributed by atoms with van der Waals surface area (Å²) in [4.78, 5) is 19.4. The molecule has 6 heteroatoms. The number of aromatic nitrogens is 2. The molecular formula is C19H19N3O3. The van der Waals surface area contributed by atoms with Crippen LogP contribution < -0.4 is 14.8 Å². The minimum absolute atomic E-state index is 0.103. The third-order valence-electron chi connectivity index (χ3n) is 3.77. The van der Waals surface area contributed by atoms with E-state index in [1.807, 2.05) is 30.3 Å². The Balaban J connectivity index is 1.70. The van der Waals surface area contributed by atoms with Crippen LogP contribution in [-0.2, 0) is 11.2 Å². The van der Waals surface area contributed by atoms with Crippen LogP contribution in [-0.4, -0.2) is 30.1 Å². The Labute approximate surface area is 145 Å². The highest BCUT2D eigenvalue weighted by Gasteiger charge is 2.09. The smallest absolute Gasteiger partial charge is 0.228 e. The van der Waals surface area contributed by atoms with Gasteiger partial charge in [0.1, 0.15) is 0 Å². The average molecular weight is 337 g/mol. The van der Waals surface area contributed by atoms with E-state index in [0.29, 0.717) is 11.5 Å². The first-order valence-electron chi connectivity index (χ1n) is 7.79. The van der Waals surface area contributed by atoms with Crippen molar-refractivity contribution in [3.05, 3.63) is 60.6 Å². The molecule has 0 aliphatic rings. The second-order valence-corrected chi connectivity index (χ2v) is 5.46. The van der Waals surface area contributed by atoms with E-state index in [-0.39, 0.29) is 12.3 Å². The summed E-state index contributed by atoms with van der Waals surface area (Å²) in [5.41, 5.74) is 3.44. The summed E-state index contributed by atoms with van der Waals surface area (Å²) in [5, 5.41) is 2.91. The maximum absolute atomic E-state index is 12.3. The second kappa shape index (κ2) is 7.53. The maximum atomic E-state index is 12.3. The molecular weight excluding hydrogens is 318 g/mol. The third kappa shape index (κ3) is 3.98. The van der Waals surface area contributed by atoms with Gasteiger partial charge in [0.05, 0.1) is 38.9 Å². The first-order valence-corrected chi connectivity index (χ1v) is 7.79. The number of nitrogens with zero attached hydrogens (tertiary/aromatic N) is 1. The largest absolute Gasteiger partial charge is 0.493 e. The average Bonchev–Trinajstić information content (AvgIpc) is 3.16. The molecule has 0 radical (unpaired) electrons. The van der Waals surface area contributed by atoms with Crippen molar-refractivity contribution in [3.8, 4) is 22.8 Å². The fourth-order valence-electron chi connectivity index (χ4n) is 2.56. The Morgan fingerprint density at radius 2 is 1.96 bits per heavy atom. The molecule has 2 aromatic carbocycles. The number of carbonyl (C=O) groups is 1. The monoisotopic (exact) mass is 337 g/mol. The normalized spacial score (nSPS) is 10.3. The van der Waals surface area contributed by atoms with Crippen LogP contribution in [0.15, 0.2) is 55.0 Å². The number of carbonyl (C=O) groups excluding carboxylic acids is 1. The number of anilines is 1. The van der Waals surface area contributed by atoms with Crippen LogP contribution in [0.2, 0.25) is 0 Å². The number of hydrogen-bond acceptors (Lipinski definition) is 4. The van der Waals surface area contributed by atoms with E-state index in [9.17, 15) is 4.79 Å². The molecule has 1 aromatic heterocycles. The van der Waals surface area contributed by atoms with Gasteiger partial charge in [-0.25, -0.2) is 4.98 Å². The molecule has 1 heterocycles. The van der Waals surface area contributed by atoms with Crippen molar-refractivity contribution in [2.45, 2.75) is 6.42 Å². The van der Waals surface area contributed by atoms with E-state index in [4.69, 9.17) is 9.47 Å². The zero-order valence-corrected chi connectivity index (χ0v) is 14.1.